The van der Waals surface area contributed by atoms with Gasteiger partial charge in [-0.25, -0.2) is 10.4 Å². The average Bonchev–Trinajstić information content (AvgIpc) is 3.48. The van der Waals surface area contributed by atoms with Crippen molar-refractivity contribution in [3.8, 4) is 17.2 Å². The molecule has 0 aliphatic carbocycles. The van der Waals surface area contributed by atoms with Gasteiger partial charge in [-0.3, -0.25) is 9.69 Å². The van der Waals surface area contributed by atoms with Crippen molar-refractivity contribution in [3.63, 3.8) is 0 Å². The van der Waals surface area contributed by atoms with E-state index in [9.17, 15) is 4.79 Å². The minimum absolute atomic E-state index is 0.0360. The maximum Gasteiger partial charge on any atom is 0.240 e. The Hall–Kier alpha value is -3.19. The Balaban J connectivity index is 1.34. The number of hydrazone groups is 1. The number of nitrogens with zero attached hydrogens (tertiary/aromatic N) is 3. The van der Waals surface area contributed by atoms with Crippen molar-refractivity contribution in [2.24, 2.45) is 11.0 Å². The minimum atomic E-state index is -0.0360. The Morgan fingerprint density at radius 1 is 1.16 bits per heavy atom. The first-order valence-corrected chi connectivity index (χ1v) is 11.4. The molecular weight excluding hydrogens is 404 g/mol. The molecule has 1 amide bonds. The van der Waals surface area contributed by atoms with E-state index in [-0.39, 0.29) is 11.8 Å². The molecule has 0 spiro atoms. The molecule has 0 radical (unpaired) electrons. The third kappa shape index (κ3) is 4.39. The summed E-state index contributed by atoms with van der Waals surface area (Å²) in [6.45, 7) is 6.05. The highest BCUT2D eigenvalue weighted by Gasteiger charge is 2.24. The van der Waals surface area contributed by atoms with E-state index >= 15 is 0 Å². The summed E-state index contributed by atoms with van der Waals surface area (Å²) in [5.74, 6) is 1.46. The van der Waals surface area contributed by atoms with E-state index in [1.165, 1.54) is 25.9 Å². The summed E-state index contributed by atoms with van der Waals surface area (Å²) in [7, 11) is 0. The van der Waals surface area contributed by atoms with Gasteiger partial charge in [0.25, 0.3) is 0 Å². The number of likely N-dealkylation sites (tertiary alicyclic amines) is 1. The fourth-order valence-corrected chi connectivity index (χ4v) is 4.44. The molecule has 3 heterocycles. The molecule has 1 fully saturated rings. The van der Waals surface area contributed by atoms with Crippen molar-refractivity contribution >= 4 is 22.7 Å². The SMILES string of the molecule is CCC1CC(=O)NN=C1c1ccc2nc(-c3cccc(OCCN4CCCC4)c3)oc2c1. The summed E-state index contributed by atoms with van der Waals surface area (Å²) in [4.78, 5) is 18.8. The molecule has 5 rings (SSSR count). The van der Waals surface area contributed by atoms with Crippen LogP contribution in [-0.2, 0) is 4.79 Å². The molecule has 3 aromatic rings. The lowest BCUT2D eigenvalue weighted by Crippen LogP contribution is -2.33. The zero-order valence-electron chi connectivity index (χ0n) is 18.3. The molecule has 32 heavy (non-hydrogen) atoms. The number of fused-ring (bicyclic) bond motifs is 1. The molecule has 1 saturated heterocycles. The summed E-state index contributed by atoms with van der Waals surface area (Å²) in [5, 5.41) is 4.31. The topological polar surface area (TPSA) is 80.0 Å². The zero-order valence-corrected chi connectivity index (χ0v) is 18.3. The number of ether oxygens (including phenoxy) is 1. The highest BCUT2D eigenvalue weighted by molar-refractivity contribution is 6.07. The van der Waals surface area contributed by atoms with Crippen molar-refractivity contribution in [3.05, 3.63) is 48.0 Å². The molecule has 2 aliphatic rings. The van der Waals surface area contributed by atoms with Gasteiger partial charge in [0.1, 0.15) is 17.9 Å². The lowest BCUT2D eigenvalue weighted by atomic mass is 9.90. The van der Waals surface area contributed by atoms with Crippen LogP contribution in [0.1, 0.15) is 38.2 Å². The summed E-state index contributed by atoms with van der Waals surface area (Å²) in [5.41, 5.74) is 6.81. The van der Waals surface area contributed by atoms with Gasteiger partial charge in [0.05, 0.1) is 5.71 Å². The van der Waals surface area contributed by atoms with E-state index in [1.807, 2.05) is 42.5 Å². The molecule has 0 saturated carbocycles. The summed E-state index contributed by atoms with van der Waals surface area (Å²) >= 11 is 0. The van der Waals surface area contributed by atoms with E-state index in [2.05, 4.69) is 27.3 Å². The highest BCUT2D eigenvalue weighted by atomic mass is 16.5. The average molecular weight is 433 g/mol. The van der Waals surface area contributed by atoms with Crippen molar-refractivity contribution in [2.75, 3.05) is 26.2 Å². The molecule has 7 heteroatoms. The number of amides is 1. The van der Waals surface area contributed by atoms with Gasteiger partial charge in [-0.15, -0.1) is 0 Å². The van der Waals surface area contributed by atoms with Crippen LogP contribution in [0.25, 0.3) is 22.6 Å². The first-order valence-electron chi connectivity index (χ1n) is 11.4. The standard InChI is InChI=1S/C25H28N4O3/c1-2-17-16-23(30)27-28-24(17)18-8-9-21-22(15-18)32-25(26-21)19-6-5-7-20(14-19)31-13-12-29-10-3-4-11-29/h5-9,14-15,17H,2-4,10-13,16H2,1H3,(H,27,30). The van der Waals surface area contributed by atoms with Crippen LogP contribution < -0.4 is 10.2 Å². The maximum atomic E-state index is 11.7. The Morgan fingerprint density at radius 3 is 2.88 bits per heavy atom. The third-order valence-corrected chi connectivity index (χ3v) is 6.25. The molecule has 7 nitrogen and oxygen atoms in total. The number of oxazole rings is 1. The molecule has 0 bridgehead atoms. The quantitative estimate of drug-likeness (QED) is 0.605. The third-order valence-electron chi connectivity index (χ3n) is 6.25. The van der Waals surface area contributed by atoms with Crippen LogP contribution in [-0.4, -0.2) is 47.7 Å². The van der Waals surface area contributed by atoms with Crippen molar-refractivity contribution in [2.45, 2.75) is 32.6 Å². The van der Waals surface area contributed by atoms with Gasteiger partial charge < -0.3 is 9.15 Å². The van der Waals surface area contributed by atoms with E-state index < -0.39 is 0 Å². The van der Waals surface area contributed by atoms with Crippen LogP contribution in [0.15, 0.2) is 52.0 Å². The molecule has 1 atom stereocenters. The molecular formula is C25H28N4O3. The van der Waals surface area contributed by atoms with Crippen LogP contribution in [0.5, 0.6) is 5.75 Å². The van der Waals surface area contributed by atoms with Crippen LogP contribution in [0.3, 0.4) is 0 Å². The van der Waals surface area contributed by atoms with Crippen LogP contribution in [0, 0.1) is 5.92 Å². The van der Waals surface area contributed by atoms with Crippen molar-refractivity contribution < 1.29 is 13.9 Å². The Kier molecular flexibility index (Phi) is 5.90. The fraction of sp³-hybridized carbons (Fsp3) is 0.400. The molecule has 2 aromatic carbocycles. The molecule has 1 aromatic heterocycles. The smallest absolute Gasteiger partial charge is 0.240 e. The second-order valence-corrected chi connectivity index (χ2v) is 8.47. The van der Waals surface area contributed by atoms with Gasteiger partial charge >= 0.3 is 0 Å². The predicted octanol–water partition coefficient (Wildman–Crippen LogP) is 4.22. The number of rotatable bonds is 7. The maximum absolute atomic E-state index is 11.7. The van der Waals surface area contributed by atoms with Gasteiger partial charge in [-0.05, 0) is 62.7 Å². The number of nitrogens with one attached hydrogen (secondary N) is 1. The highest BCUT2D eigenvalue weighted by Crippen LogP contribution is 2.29. The van der Waals surface area contributed by atoms with Crippen molar-refractivity contribution in [1.29, 1.82) is 0 Å². The van der Waals surface area contributed by atoms with E-state index in [0.717, 1.165) is 41.1 Å². The fourth-order valence-electron chi connectivity index (χ4n) is 4.44. The number of hydrogen-bond acceptors (Lipinski definition) is 6. The normalized spacial score (nSPS) is 19.2. The number of carbonyl (C=O) groups is 1. The first-order chi connectivity index (χ1) is 15.7. The van der Waals surface area contributed by atoms with Gasteiger partial charge in [0.15, 0.2) is 5.58 Å². The number of hydrogen-bond donors (Lipinski definition) is 1. The van der Waals surface area contributed by atoms with Crippen LogP contribution >= 0.6 is 0 Å². The van der Waals surface area contributed by atoms with Crippen LogP contribution in [0.4, 0.5) is 0 Å². The molecule has 166 valence electrons. The lowest BCUT2D eigenvalue weighted by molar-refractivity contribution is -0.122. The van der Waals surface area contributed by atoms with E-state index in [1.54, 1.807) is 0 Å². The van der Waals surface area contributed by atoms with Crippen molar-refractivity contribution in [1.82, 2.24) is 15.3 Å². The predicted molar refractivity (Wildman–Crippen MR) is 124 cm³/mol. The van der Waals surface area contributed by atoms with E-state index in [4.69, 9.17) is 9.15 Å². The van der Waals surface area contributed by atoms with Crippen LogP contribution in [0.2, 0.25) is 0 Å². The number of aromatic nitrogens is 1. The monoisotopic (exact) mass is 432 g/mol. The first kappa shape index (κ1) is 20.7. The van der Waals surface area contributed by atoms with Gasteiger partial charge in [0, 0.05) is 30.0 Å². The van der Waals surface area contributed by atoms with Gasteiger partial charge in [-0.1, -0.05) is 19.1 Å². The largest absolute Gasteiger partial charge is 0.492 e. The lowest BCUT2D eigenvalue weighted by Gasteiger charge is -2.21. The molecule has 1 N–H and O–H groups in total. The molecule has 1 unspecified atom stereocenters. The summed E-state index contributed by atoms with van der Waals surface area (Å²) < 4.78 is 12.1. The Labute approximate surface area is 187 Å². The van der Waals surface area contributed by atoms with E-state index in [0.29, 0.717) is 24.5 Å². The second kappa shape index (κ2) is 9.12. The summed E-state index contributed by atoms with van der Waals surface area (Å²) in [6, 6.07) is 13.8. The Bertz CT molecular complexity index is 1150. The van der Waals surface area contributed by atoms with Gasteiger partial charge in [-0.2, -0.15) is 5.10 Å². The second-order valence-electron chi connectivity index (χ2n) is 8.47. The summed E-state index contributed by atoms with van der Waals surface area (Å²) in [6.07, 6.45) is 3.89. The number of carbonyl (C=O) groups excluding carboxylic acids is 1. The zero-order chi connectivity index (χ0) is 21.9. The minimum Gasteiger partial charge on any atom is -0.492 e. The number of benzene rings is 2. The molecule has 2 aliphatic heterocycles. The Morgan fingerprint density at radius 2 is 2.03 bits per heavy atom. The van der Waals surface area contributed by atoms with Gasteiger partial charge in [0.2, 0.25) is 11.8 Å².